The van der Waals surface area contributed by atoms with Crippen LogP contribution in [0.25, 0.3) is 0 Å². The van der Waals surface area contributed by atoms with Crippen LogP contribution in [0.3, 0.4) is 0 Å². The van der Waals surface area contributed by atoms with E-state index in [0.29, 0.717) is 25.7 Å². The fourth-order valence-corrected chi connectivity index (χ4v) is 5.85. The number of phosphoric acid groups is 1. The van der Waals surface area contributed by atoms with Gasteiger partial charge in [-0.2, -0.15) is 0 Å². The van der Waals surface area contributed by atoms with Crippen molar-refractivity contribution >= 4 is 25.7 Å². The van der Waals surface area contributed by atoms with E-state index in [-0.39, 0.29) is 12.8 Å². The number of nitrogens with two attached hydrogens (primary N) is 1. The van der Waals surface area contributed by atoms with Gasteiger partial charge in [-0.1, -0.05) is 109 Å². The van der Waals surface area contributed by atoms with Crippen molar-refractivity contribution in [2.24, 2.45) is 5.73 Å². The van der Waals surface area contributed by atoms with Gasteiger partial charge in [-0.15, -0.1) is 0 Å². The van der Waals surface area contributed by atoms with Crippen LogP contribution in [0.1, 0.15) is 155 Å². The van der Waals surface area contributed by atoms with Crippen LogP contribution < -0.4 is 5.73 Å². The zero-order chi connectivity index (χ0) is 38.9. The number of carboxylic acid groups (broad SMARTS) is 1. The van der Waals surface area contributed by atoms with Crippen LogP contribution in [0.2, 0.25) is 0 Å². The van der Waals surface area contributed by atoms with Crippen molar-refractivity contribution in [3.05, 3.63) is 24.3 Å². The van der Waals surface area contributed by atoms with E-state index in [0.717, 1.165) is 83.5 Å². The molecule has 1 unspecified atom stereocenters. The van der Waals surface area contributed by atoms with Crippen molar-refractivity contribution in [2.75, 3.05) is 19.8 Å². The largest absolute Gasteiger partial charge is 0.480 e. The number of unbranched alkanes of at least 4 members (excludes halogenated alkanes) is 14. The summed E-state index contributed by atoms with van der Waals surface area (Å²) in [5, 5.41) is 29.2. The maximum atomic E-state index is 12.6. The predicted octanol–water partition coefficient (Wildman–Crippen LogP) is 7.44. The molecule has 0 radical (unpaired) electrons. The van der Waals surface area contributed by atoms with Crippen LogP contribution in [0.15, 0.2) is 24.3 Å². The fourth-order valence-electron chi connectivity index (χ4n) is 5.07. The van der Waals surface area contributed by atoms with Gasteiger partial charge in [0.2, 0.25) is 0 Å². The molecule has 0 aromatic carbocycles. The normalized spacial score (nSPS) is 15.3. The molecule has 52 heavy (non-hydrogen) atoms. The van der Waals surface area contributed by atoms with Crippen molar-refractivity contribution in [3.8, 4) is 0 Å². The number of hydrogen-bond acceptors (Lipinski definition) is 11. The van der Waals surface area contributed by atoms with Gasteiger partial charge in [-0.05, 0) is 57.8 Å². The van der Waals surface area contributed by atoms with Gasteiger partial charge in [0.25, 0.3) is 0 Å². The summed E-state index contributed by atoms with van der Waals surface area (Å²) in [6.45, 7) is 2.51. The Labute approximate surface area is 312 Å². The van der Waals surface area contributed by atoms with Crippen LogP contribution in [0.4, 0.5) is 0 Å². The monoisotopic (exact) mass is 763 g/mol. The summed E-state index contributed by atoms with van der Waals surface area (Å²) in [5.41, 5.74) is 5.30. The van der Waals surface area contributed by atoms with Gasteiger partial charge >= 0.3 is 25.7 Å². The van der Waals surface area contributed by atoms with E-state index in [1.165, 1.54) is 19.3 Å². The number of esters is 2. The molecule has 0 aliphatic carbocycles. The Morgan fingerprint density at radius 3 is 1.81 bits per heavy atom. The number of phosphoric ester groups is 1. The smallest absolute Gasteiger partial charge is 0.472 e. The van der Waals surface area contributed by atoms with Crippen LogP contribution >= 0.6 is 7.82 Å². The van der Waals surface area contributed by atoms with Gasteiger partial charge in [-0.25, -0.2) is 4.57 Å². The molecule has 0 aliphatic heterocycles. The van der Waals surface area contributed by atoms with Gasteiger partial charge in [0.1, 0.15) is 12.6 Å². The van der Waals surface area contributed by atoms with Gasteiger partial charge in [0, 0.05) is 12.8 Å². The quantitative estimate of drug-likeness (QED) is 0.0182. The first-order chi connectivity index (χ1) is 24.9. The summed E-state index contributed by atoms with van der Waals surface area (Å²) in [4.78, 5) is 45.7. The van der Waals surface area contributed by atoms with E-state index < -0.39 is 69.9 Å². The molecular weight excluding hydrogens is 693 g/mol. The van der Waals surface area contributed by atoms with Gasteiger partial charge in [0.15, 0.2) is 6.10 Å². The SMILES string of the molecule is CCCC/C=C\CCCCCCCC(=O)OC[C@H](COP(=O)(O)OC[C@H](N)C(=O)O)OC(=O)CCCCCCC[C@H](O)[C@@H](O)C/C=C\CCCCC. The molecule has 0 aromatic heterocycles. The molecule has 304 valence electrons. The summed E-state index contributed by atoms with van der Waals surface area (Å²) < 4.78 is 32.4. The highest BCUT2D eigenvalue weighted by Gasteiger charge is 2.28. The van der Waals surface area contributed by atoms with E-state index in [9.17, 15) is 34.1 Å². The second kappa shape index (κ2) is 33.4. The maximum Gasteiger partial charge on any atom is 0.472 e. The summed E-state index contributed by atoms with van der Waals surface area (Å²) in [5.74, 6) is -2.53. The van der Waals surface area contributed by atoms with Crippen LogP contribution in [-0.2, 0) is 37.5 Å². The number of carboxylic acids is 1. The summed E-state index contributed by atoms with van der Waals surface area (Å²) in [7, 11) is -4.75. The molecule has 14 heteroatoms. The minimum absolute atomic E-state index is 0.0612. The lowest BCUT2D eigenvalue weighted by Gasteiger charge is -2.20. The number of rotatable bonds is 36. The lowest BCUT2D eigenvalue weighted by Crippen LogP contribution is -2.34. The van der Waals surface area contributed by atoms with Crippen molar-refractivity contribution in [2.45, 2.75) is 179 Å². The Morgan fingerprint density at radius 2 is 1.17 bits per heavy atom. The average molecular weight is 764 g/mol. The fraction of sp³-hybridized carbons (Fsp3) is 0.816. The lowest BCUT2D eigenvalue weighted by molar-refractivity contribution is -0.161. The molecule has 0 heterocycles. The Morgan fingerprint density at radius 1 is 0.654 bits per heavy atom. The number of aliphatic carboxylic acids is 1. The van der Waals surface area contributed by atoms with E-state index in [1.807, 2.05) is 6.08 Å². The summed E-state index contributed by atoms with van der Waals surface area (Å²) in [6, 6.07) is -1.55. The number of hydrogen-bond donors (Lipinski definition) is 5. The molecule has 0 aliphatic rings. The van der Waals surface area contributed by atoms with Crippen LogP contribution in [-0.4, -0.2) is 82.3 Å². The molecule has 0 saturated heterocycles. The average Bonchev–Trinajstić information content (AvgIpc) is 3.11. The molecule has 5 atom stereocenters. The predicted molar refractivity (Wildman–Crippen MR) is 201 cm³/mol. The van der Waals surface area contributed by atoms with Crippen molar-refractivity contribution in [1.29, 1.82) is 0 Å². The zero-order valence-electron chi connectivity index (χ0n) is 31.9. The van der Waals surface area contributed by atoms with Gasteiger partial charge in [0.05, 0.1) is 25.4 Å². The highest BCUT2D eigenvalue weighted by molar-refractivity contribution is 7.47. The Balaban J connectivity index is 4.56. The van der Waals surface area contributed by atoms with Crippen LogP contribution in [0, 0.1) is 0 Å². The van der Waals surface area contributed by atoms with E-state index in [1.54, 1.807) is 0 Å². The van der Waals surface area contributed by atoms with E-state index in [2.05, 4.69) is 36.6 Å². The first-order valence-electron chi connectivity index (χ1n) is 19.5. The maximum absolute atomic E-state index is 12.6. The third-order valence-electron chi connectivity index (χ3n) is 8.37. The van der Waals surface area contributed by atoms with E-state index >= 15 is 0 Å². The van der Waals surface area contributed by atoms with Crippen molar-refractivity contribution < 1.29 is 57.7 Å². The van der Waals surface area contributed by atoms with E-state index in [4.69, 9.17) is 24.8 Å². The second-order valence-electron chi connectivity index (χ2n) is 13.4. The zero-order valence-corrected chi connectivity index (χ0v) is 32.8. The number of carbonyl (C=O) groups excluding carboxylic acids is 2. The number of carbonyl (C=O) groups is 3. The van der Waals surface area contributed by atoms with Crippen molar-refractivity contribution in [3.63, 3.8) is 0 Å². The Hall–Kier alpha value is -2.12. The number of ether oxygens (including phenoxy) is 2. The first kappa shape index (κ1) is 49.9. The highest BCUT2D eigenvalue weighted by atomic mass is 31.2. The Kier molecular flexibility index (Phi) is 32.1. The molecule has 13 nitrogen and oxygen atoms in total. The lowest BCUT2D eigenvalue weighted by atomic mass is 10.0. The first-order valence-corrected chi connectivity index (χ1v) is 21.0. The molecule has 0 spiro atoms. The molecule has 6 N–H and O–H groups in total. The van der Waals surface area contributed by atoms with Gasteiger partial charge < -0.3 is 35.4 Å². The second-order valence-corrected chi connectivity index (χ2v) is 14.8. The van der Waals surface area contributed by atoms with Crippen molar-refractivity contribution in [1.82, 2.24) is 0 Å². The molecule has 0 amide bonds. The Bertz CT molecular complexity index is 1020. The minimum Gasteiger partial charge on any atom is -0.480 e. The molecule has 0 aromatic rings. The standard InChI is InChI=1S/C38H70NO12P/c1-3-5-7-9-11-12-13-14-15-19-23-27-36(42)48-29-32(30-49-52(46,47)50-31-33(39)38(44)45)51-37(43)28-24-20-16-18-22-26-35(41)34(40)25-21-17-10-8-6-4-2/h9,11,17,21,32-35,40-41H,3-8,10,12-16,18-20,22-31,39H2,1-2H3,(H,44,45)(H,46,47)/b11-9-,21-17-/t32-,33+,34+,35+/m1/s1. The molecule has 0 bridgehead atoms. The third-order valence-corrected chi connectivity index (χ3v) is 9.32. The third kappa shape index (κ3) is 31.4. The number of aliphatic hydroxyl groups is 2. The molecule has 0 fully saturated rings. The summed E-state index contributed by atoms with van der Waals surface area (Å²) >= 11 is 0. The summed E-state index contributed by atoms with van der Waals surface area (Å²) in [6.07, 6.45) is 24.2. The number of aliphatic hydroxyl groups excluding tert-OH is 2. The highest BCUT2D eigenvalue weighted by Crippen LogP contribution is 2.43. The molecular formula is C38H70NO12P. The minimum atomic E-state index is -4.75. The van der Waals surface area contributed by atoms with Crippen LogP contribution in [0.5, 0.6) is 0 Å². The molecule has 0 rings (SSSR count). The number of allylic oxidation sites excluding steroid dienone is 3. The topological polar surface area (TPSA) is 212 Å². The van der Waals surface area contributed by atoms with Gasteiger partial charge in [-0.3, -0.25) is 23.4 Å². The molecule has 0 saturated carbocycles.